The number of rotatable bonds is 7. The summed E-state index contributed by atoms with van der Waals surface area (Å²) in [4.78, 5) is 48.4. The second kappa shape index (κ2) is 9.86. The van der Waals surface area contributed by atoms with Gasteiger partial charge in [0.2, 0.25) is 12.2 Å². The first-order valence-electron chi connectivity index (χ1n) is 8.43. The van der Waals surface area contributed by atoms with Crippen molar-refractivity contribution in [3.05, 3.63) is 60.7 Å². The van der Waals surface area contributed by atoms with Gasteiger partial charge in [0.15, 0.2) is 0 Å². The topological polar surface area (TPSA) is 111 Å². The molecule has 0 saturated heterocycles. The number of nitrogens with one attached hydrogen (secondary N) is 2. The predicted octanol–water partition coefficient (Wildman–Crippen LogP) is 2.13. The molecule has 0 spiro atoms. The third-order valence-electron chi connectivity index (χ3n) is 3.46. The first kappa shape index (κ1) is 20.6. The third kappa shape index (κ3) is 6.24. The lowest BCUT2D eigenvalue weighted by Gasteiger charge is -2.24. The van der Waals surface area contributed by atoms with Gasteiger partial charge in [-0.2, -0.15) is 0 Å². The first-order chi connectivity index (χ1) is 13.4. The zero-order valence-corrected chi connectivity index (χ0v) is 15.4. The minimum absolute atomic E-state index is 0.426. The molecule has 0 unspecified atom stereocenters. The molecule has 0 aliphatic carbocycles. The number of hydrogen-bond donors (Lipinski definition) is 2. The van der Waals surface area contributed by atoms with E-state index in [1.807, 2.05) is 0 Å². The summed E-state index contributed by atoms with van der Waals surface area (Å²) in [6.07, 6.45) is -3.35. The van der Waals surface area contributed by atoms with Crippen LogP contribution in [-0.2, 0) is 28.7 Å². The number of hydrogen-bond acceptors (Lipinski definition) is 6. The standard InChI is InChI=1S/C20H20N2O6/c1-13(23)27-17(19(25)21-15-9-5-3-6-10-15)18(28-14(2)24)20(26)22-16-11-7-4-8-12-16/h3-12,17-18H,1-2H3,(H,21,25)(H,22,26)/t17-,18-/m0/s1. The van der Waals surface area contributed by atoms with Gasteiger partial charge in [-0.3, -0.25) is 19.2 Å². The highest BCUT2D eigenvalue weighted by molar-refractivity contribution is 6.03. The summed E-state index contributed by atoms with van der Waals surface area (Å²) in [6.45, 7) is 2.17. The summed E-state index contributed by atoms with van der Waals surface area (Å²) in [5.41, 5.74) is 0.851. The molecule has 0 fully saturated rings. The highest BCUT2D eigenvalue weighted by atomic mass is 16.6. The molecular weight excluding hydrogens is 364 g/mol. The van der Waals surface area contributed by atoms with Crippen molar-refractivity contribution in [2.24, 2.45) is 0 Å². The van der Waals surface area contributed by atoms with Gasteiger partial charge in [-0.15, -0.1) is 0 Å². The summed E-state index contributed by atoms with van der Waals surface area (Å²) in [5, 5.41) is 5.06. The summed E-state index contributed by atoms with van der Waals surface area (Å²) in [6, 6.07) is 16.8. The van der Waals surface area contributed by atoms with Gasteiger partial charge < -0.3 is 20.1 Å². The molecule has 2 aromatic rings. The second-order valence-corrected chi connectivity index (χ2v) is 5.77. The minimum atomic E-state index is -1.68. The van der Waals surface area contributed by atoms with E-state index in [9.17, 15) is 19.2 Å². The third-order valence-corrected chi connectivity index (χ3v) is 3.46. The van der Waals surface area contributed by atoms with Crippen LogP contribution < -0.4 is 10.6 Å². The lowest BCUT2D eigenvalue weighted by Crippen LogP contribution is -2.49. The minimum Gasteiger partial charge on any atom is -0.448 e. The number of esters is 2. The van der Waals surface area contributed by atoms with Crippen molar-refractivity contribution < 1.29 is 28.7 Å². The normalized spacial score (nSPS) is 12.2. The van der Waals surface area contributed by atoms with Crippen molar-refractivity contribution in [3.8, 4) is 0 Å². The molecular formula is C20H20N2O6. The smallest absolute Gasteiger partial charge is 0.303 e. The van der Waals surface area contributed by atoms with E-state index >= 15 is 0 Å². The fourth-order valence-electron chi connectivity index (χ4n) is 2.33. The number of carbonyl (C=O) groups is 4. The highest BCUT2D eigenvalue weighted by Gasteiger charge is 2.39. The van der Waals surface area contributed by atoms with Gasteiger partial charge in [-0.1, -0.05) is 36.4 Å². The van der Waals surface area contributed by atoms with Gasteiger partial charge in [0.05, 0.1) is 0 Å². The van der Waals surface area contributed by atoms with Crippen LogP contribution in [0, 0.1) is 0 Å². The number of ether oxygens (including phenoxy) is 2. The lowest BCUT2D eigenvalue weighted by molar-refractivity contribution is -0.171. The first-order valence-corrected chi connectivity index (χ1v) is 8.43. The van der Waals surface area contributed by atoms with Gasteiger partial charge >= 0.3 is 11.9 Å². The second-order valence-electron chi connectivity index (χ2n) is 5.77. The van der Waals surface area contributed by atoms with E-state index < -0.39 is 36.0 Å². The van der Waals surface area contributed by atoms with Crippen LogP contribution in [0.4, 0.5) is 11.4 Å². The van der Waals surface area contributed by atoms with Crippen LogP contribution in [0.3, 0.4) is 0 Å². The molecule has 0 heterocycles. The Bertz CT molecular complexity index is 767. The Kier molecular flexibility index (Phi) is 7.27. The van der Waals surface area contributed by atoms with Crippen molar-refractivity contribution in [1.29, 1.82) is 0 Å². The molecule has 0 radical (unpaired) electrons. The van der Waals surface area contributed by atoms with E-state index in [-0.39, 0.29) is 0 Å². The fraction of sp³-hybridized carbons (Fsp3) is 0.200. The van der Waals surface area contributed by atoms with Crippen LogP contribution >= 0.6 is 0 Å². The highest BCUT2D eigenvalue weighted by Crippen LogP contribution is 2.14. The Hall–Kier alpha value is -3.68. The van der Waals surface area contributed by atoms with E-state index in [1.165, 1.54) is 0 Å². The van der Waals surface area contributed by atoms with Crippen LogP contribution in [0.15, 0.2) is 60.7 Å². The van der Waals surface area contributed by atoms with Gasteiger partial charge in [-0.05, 0) is 24.3 Å². The van der Waals surface area contributed by atoms with Gasteiger partial charge in [0.25, 0.3) is 11.8 Å². The van der Waals surface area contributed by atoms with E-state index in [1.54, 1.807) is 60.7 Å². The van der Waals surface area contributed by atoms with Crippen LogP contribution in [0.25, 0.3) is 0 Å². The molecule has 28 heavy (non-hydrogen) atoms. The zero-order chi connectivity index (χ0) is 20.5. The monoisotopic (exact) mass is 384 g/mol. The maximum absolute atomic E-state index is 12.7. The van der Waals surface area contributed by atoms with Crippen molar-refractivity contribution in [3.63, 3.8) is 0 Å². The SMILES string of the molecule is CC(=O)O[C@H](C(=O)Nc1ccccc1)[C@H](OC(C)=O)C(=O)Nc1ccccc1. The molecule has 0 saturated carbocycles. The van der Waals surface area contributed by atoms with Gasteiger partial charge in [0, 0.05) is 25.2 Å². The molecule has 0 aliphatic rings. The van der Waals surface area contributed by atoms with Crippen molar-refractivity contribution in [2.45, 2.75) is 26.1 Å². The van der Waals surface area contributed by atoms with Crippen LogP contribution in [0.5, 0.6) is 0 Å². The predicted molar refractivity (Wildman–Crippen MR) is 101 cm³/mol. The van der Waals surface area contributed by atoms with Crippen molar-refractivity contribution >= 4 is 35.1 Å². The lowest BCUT2D eigenvalue weighted by atomic mass is 10.1. The molecule has 146 valence electrons. The maximum atomic E-state index is 12.7. The largest absolute Gasteiger partial charge is 0.448 e. The fourth-order valence-corrected chi connectivity index (χ4v) is 2.33. The Morgan fingerprint density at radius 3 is 1.25 bits per heavy atom. The molecule has 2 rings (SSSR count). The Morgan fingerprint density at radius 1 is 0.643 bits per heavy atom. The molecule has 2 N–H and O–H groups in total. The molecule has 0 aromatic heterocycles. The molecule has 2 amide bonds. The Balaban J connectivity index is 2.27. The van der Waals surface area contributed by atoms with E-state index in [4.69, 9.17) is 9.47 Å². The Labute approximate surface area is 161 Å². The average Bonchev–Trinajstić information content (AvgIpc) is 2.65. The zero-order valence-electron chi connectivity index (χ0n) is 15.4. The number of amides is 2. The molecule has 8 nitrogen and oxygen atoms in total. The van der Waals surface area contributed by atoms with E-state index in [2.05, 4.69) is 10.6 Å². The summed E-state index contributed by atoms with van der Waals surface area (Å²) in [7, 11) is 0. The summed E-state index contributed by atoms with van der Waals surface area (Å²) < 4.78 is 10.0. The summed E-state index contributed by atoms with van der Waals surface area (Å²) in [5.74, 6) is -3.23. The molecule has 0 bridgehead atoms. The van der Waals surface area contributed by atoms with Crippen molar-refractivity contribution in [2.75, 3.05) is 10.6 Å². The van der Waals surface area contributed by atoms with E-state index in [0.717, 1.165) is 13.8 Å². The van der Waals surface area contributed by atoms with Crippen LogP contribution in [0.1, 0.15) is 13.8 Å². The Morgan fingerprint density at radius 2 is 0.964 bits per heavy atom. The number of anilines is 2. The van der Waals surface area contributed by atoms with E-state index in [0.29, 0.717) is 11.4 Å². The van der Waals surface area contributed by atoms with Gasteiger partial charge in [0.1, 0.15) is 0 Å². The number of benzene rings is 2. The maximum Gasteiger partial charge on any atom is 0.303 e. The summed E-state index contributed by atoms with van der Waals surface area (Å²) >= 11 is 0. The molecule has 8 heteroatoms. The molecule has 2 atom stereocenters. The molecule has 2 aromatic carbocycles. The molecule has 0 aliphatic heterocycles. The van der Waals surface area contributed by atoms with Gasteiger partial charge in [-0.25, -0.2) is 0 Å². The number of para-hydroxylation sites is 2. The van der Waals surface area contributed by atoms with Crippen molar-refractivity contribution in [1.82, 2.24) is 0 Å². The number of carbonyl (C=O) groups excluding carboxylic acids is 4. The quantitative estimate of drug-likeness (QED) is 0.708. The van der Waals surface area contributed by atoms with Crippen LogP contribution in [0.2, 0.25) is 0 Å². The average molecular weight is 384 g/mol. The van der Waals surface area contributed by atoms with Crippen LogP contribution in [-0.4, -0.2) is 36.0 Å².